The van der Waals surface area contributed by atoms with Crippen LogP contribution in [-0.2, 0) is 17.1 Å². The van der Waals surface area contributed by atoms with Crippen LogP contribution in [0.2, 0.25) is 0 Å². The molecule has 1 heterocycles. The van der Waals surface area contributed by atoms with Gasteiger partial charge >= 0.3 is 0 Å². The fourth-order valence-electron chi connectivity index (χ4n) is 2.11. The predicted molar refractivity (Wildman–Crippen MR) is 84.4 cm³/mol. The molecular weight excluding hydrogens is 296 g/mol. The van der Waals surface area contributed by atoms with Gasteiger partial charge in [0.2, 0.25) is 10.0 Å². The second kappa shape index (κ2) is 6.36. The Balaban J connectivity index is 3.02. The van der Waals surface area contributed by atoms with E-state index in [0.29, 0.717) is 12.2 Å². The predicted octanol–water partition coefficient (Wildman–Crippen LogP) is 1.51. The minimum Gasteiger partial charge on any atom is -0.381 e. The van der Waals surface area contributed by atoms with Crippen LogP contribution < -0.4 is 10.5 Å². The minimum absolute atomic E-state index is 0.0419. The van der Waals surface area contributed by atoms with Gasteiger partial charge in [-0.2, -0.15) is 16.9 Å². The SMILES string of the molecule is CCC(CC)(CNS(=O)(=O)c1c(N)nn(C)c1C)SC. The Hall–Kier alpha value is -0.730. The number of nitrogens with zero attached hydrogens (tertiary/aromatic N) is 2. The number of aromatic nitrogens is 2. The Kier molecular flexibility index (Phi) is 5.51. The molecule has 0 aliphatic rings. The third kappa shape index (κ3) is 3.29. The van der Waals surface area contributed by atoms with E-state index >= 15 is 0 Å². The van der Waals surface area contributed by atoms with Gasteiger partial charge in [0.15, 0.2) is 5.82 Å². The molecule has 1 aromatic rings. The van der Waals surface area contributed by atoms with Crippen molar-refractivity contribution in [1.29, 1.82) is 0 Å². The number of hydrogen-bond donors (Lipinski definition) is 2. The van der Waals surface area contributed by atoms with Crippen LogP contribution in [0.3, 0.4) is 0 Å². The Morgan fingerprint density at radius 2 is 1.95 bits per heavy atom. The molecule has 0 spiro atoms. The van der Waals surface area contributed by atoms with E-state index in [1.807, 2.05) is 6.26 Å². The highest BCUT2D eigenvalue weighted by Gasteiger charge is 2.30. The third-order valence-electron chi connectivity index (χ3n) is 3.88. The van der Waals surface area contributed by atoms with Gasteiger partial charge in [0.25, 0.3) is 0 Å². The van der Waals surface area contributed by atoms with E-state index in [2.05, 4.69) is 23.7 Å². The molecule has 6 nitrogen and oxygen atoms in total. The summed E-state index contributed by atoms with van der Waals surface area (Å²) in [5.74, 6) is 0.0419. The number of nitrogen functional groups attached to an aromatic ring is 1. The molecule has 0 radical (unpaired) electrons. The van der Waals surface area contributed by atoms with Crippen molar-refractivity contribution in [2.75, 3.05) is 18.5 Å². The Morgan fingerprint density at radius 3 is 2.30 bits per heavy atom. The molecule has 3 N–H and O–H groups in total. The van der Waals surface area contributed by atoms with Gasteiger partial charge in [-0.05, 0) is 26.0 Å². The second-order valence-corrected chi connectivity index (χ2v) is 7.82. The normalized spacial score (nSPS) is 12.8. The average Bonchev–Trinajstić information content (AvgIpc) is 2.66. The van der Waals surface area contributed by atoms with E-state index < -0.39 is 10.0 Å². The summed E-state index contributed by atoms with van der Waals surface area (Å²) < 4.78 is 28.9. The van der Waals surface area contributed by atoms with E-state index in [-0.39, 0.29) is 15.5 Å². The lowest BCUT2D eigenvalue weighted by molar-refractivity contribution is 0.522. The van der Waals surface area contributed by atoms with Crippen LogP contribution >= 0.6 is 11.8 Å². The molecule has 0 aromatic carbocycles. The number of nitrogens with two attached hydrogens (primary N) is 1. The topological polar surface area (TPSA) is 90.0 Å². The molecule has 0 saturated carbocycles. The van der Waals surface area contributed by atoms with Gasteiger partial charge in [-0.15, -0.1) is 0 Å². The first-order valence-corrected chi connectivity index (χ1v) is 9.27. The Bertz CT molecular complexity index is 554. The van der Waals surface area contributed by atoms with Crippen molar-refractivity contribution in [3.8, 4) is 0 Å². The Labute approximate surface area is 125 Å². The molecule has 0 saturated heterocycles. The molecule has 1 aromatic heterocycles. The maximum Gasteiger partial charge on any atom is 0.246 e. The highest BCUT2D eigenvalue weighted by Crippen LogP contribution is 2.30. The summed E-state index contributed by atoms with van der Waals surface area (Å²) in [5, 5.41) is 3.95. The number of anilines is 1. The summed E-state index contributed by atoms with van der Waals surface area (Å²) in [6.45, 7) is 6.21. The number of nitrogens with one attached hydrogen (secondary N) is 1. The summed E-state index contributed by atoms with van der Waals surface area (Å²) in [7, 11) is -1.96. The van der Waals surface area contributed by atoms with E-state index in [0.717, 1.165) is 12.8 Å². The zero-order chi connectivity index (χ0) is 15.6. The maximum absolute atomic E-state index is 12.4. The first-order valence-electron chi connectivity index (χ1n) is 6.57. The molecule has 0 aliphatic heterocycles. The van der Waals surface area contributed by atoms with E-state index in [1.54, 1.807) is 25.7 Å². The largest absolute Gasteiger partial charge is 0.381 e. The van der Waals surface area contributed by atoms with Gasteiger partial charge in [0, 0.05) is 18.3 Å². The summed E-state index contributed by atoms with van der Waals surface area (Å²) >= 11 is 1.69. The summed E-state index contributed by atoms with van der Waals surface area (Å²) in [6, 6.07) is 0. The van der Waals surface area contributed by atoms with Crippen LogP contribution in [0, 0.1) is 6.92 Å². The lowest BCUT2D eigenvalue weighted by atomic mass is 10.0. The smallest absolute Gasteiger partial charge is 0.246 e. The van der Waals surface area contributed by atoms with Crippen LogP contribution in [0.1, 0.15) is 32.4 Å². The van der Waals surface area contributed by atoms with Gasteiger partial charge in [-0.1, -0.05) is 13.8 Å². The van der Waals surface area contributed by atoms with Crippen molar-refractivity contribution in [3.63, 3.8) is 0 Å². The minimum atomic E-state index is -3.64. The molecule has 0 atom stereocenters. The number of rotatable bonds is 7. The van der Waals surface area contributed by atoms with Crippen molar-refractivity contribution in [2.45, 2.75) is 43.3 Å². The fraction of sp³-hybridized carbons (Fsp3) is 0.750. The van der Waals surface area contributed by atoms with Crippen LogP contribution in [0.15, 0.2) is 4.90 Å². The first kappa shape index (κ1) is 17.3. The van der Waals surface area contributed by atoms with Crippen LogP contribution in [0.5, 0.6) is 0 Å². The first-order chi connectivity index (χ1) is 9.23. The standard InChI is InChI=1S/C12H24N4O2S2/c1-6-12(7-2,19-5)8-14-20(17,18)10-9(3)16(4)15-11(10)13/h14H,6-8H2,1-5H3,(H2,13,15). The summed E-state index contributed by atoms with van der Waals surface area (Å²) in [4.78, 5) is 0.0854. The molecule has 0 unspecified atom stereocenters. The van der Waals surface area contributed by atoms with Gasteiger partial charge in [0.05, 0.1) is 5.69 Å². The van der Waals surface area contributed by atoms with E-state index in [9.17, 15) is 8.42 Å². The van der Waals surface area contributed by atoms with Crippen LogP contribution in [-0.4, -0.2) is 35.7 Å². The maximum atomic E-state index is 12.4. The monoisotopic (exact) mass is 320 g/mol. The molecule has 20 heavy (non-hydrogen) atoms. The highest BCUT2D eigenvalue weighted by atomic mass is 32.2. The second-order valence-electron chi connectivity index (χ2n) is 4.84. The Morgan fingerprint density at radius 1 is 1.40 bits per heavy atom. The molecule has 0 aliphatic carbocycles. The summed E-state index contributed by atoms with van der Waals surface area (Å²) in [6.07, 6.45) is 3.80. The zero-order valence-electron chi connectivity index (χ0n) is 12.7. The van der Waals surface area contributed by atoms with Gasteiger partial charge in [-0.25, -0.2) is 13.1 Å². The lowest BCUT2D eigenvalue weighted by Crippen LogP contribution is -2.39. The molecule has 0 bridgehead atoms. The van der Waals surface area contributed by atoms with E-state index in [1.165, 1.54) is 4.68 Å². The van der Waals surface area contributed by atoms with Crippen molar-refractivity contribution < 1.29 is 8.42 Å². The van der Waals surface area contributed by atoms with Crippen molar-refractivity contribution in [1.82, 2.24) is 14.5 Å². The van der Waals surface area contributed by atoms with Gasteiger partial charge < -0.3 is 5.73 Å². The van der Waals surface area contributed by atoms with Gasteiger partial charge in [-0.3, -0.25) is 4.68 Å². The quantitative estimate of drug-likeness (QED) is 0.795. The molecule has 1 rings (SSSR count). The highest BCUT2D eigenvalue weighted by molar-refractivity contribution is 8.00. The fourth-order valence-corrected chi connectivity index (χ4v) is 4.44. The zero-order valence-corrected chi connectivity index (χ0v) is 14.4. The third-order valence-corrected chi connectivity index (χ3v) is 7.03. The lowest BCUT2D eigenvalue weighted by Gasteiger charge is -2.29. The molecule has 0 amide bonds. The van der Waals surface area contributed by atoms with Crippen LogP contribution in [0.4, 0.5) is 5.82 Å². The number of hydrogen-bond acceptors (Lipinski definition) is 5. The van der Waals surface area contributed by atoms with Gasteiger partial charge in [0.1, 0.15) is 4.90 Å². The van der Waals surface area contributed by atoms with E-state index in [4.69, 9.17) is 5.73 Å². The molecule has 116 valence electrons. The number of aryl methyl sites for hydroxylation is 1. The number of thioether (sulfide) groups is 1. The average molecular weight is 320 g/mol. The number of sulfonamides is 1. The molecular formula is C12H24N4O2S2. The van der Waals surface area contributed by atoms with Crippen molar-refractivity contribution in [3.05, 3.63) is 5.69 Å². The molecule has 8 heteroatoms. The summed E-state index contributed by atoms with van der Waals surface area (Å²) in [5.41, 5.74) is 6.25. The molecule has 0 fully saturated rings. The van der Waals surface area contributed by atoms with Crippen molar-refractivity contribution >= 4 is 27.6 Å². The van der Waals surface area contributed by atoms with Crippen LogP contribution in [0.25, 0.3) is 0 Å². The van der Waals surface area contributed by atoms with Crippen molar-refractivity contribution in [2.24, 2.45) is 7.05 Å².